The van der Waals surface area contributed by atoms with E-state index >= 15 is 0 Å². The van der Waals surface area contributed by atoms with Crippen LogP contribution in [0.1, 0.15) is 11.8 Å². The predicted molar refractivity (Wildman–Crippen MR) is 62.8 cm³/mol. The Morgan fingerprint density at radius 2 is 2.07 bits per heavy atom. The van der Waals surface area contributed by atoms with Gasteiger partial charge in [0.25, 0.3) is 0 Å². The second-order valence-electron chi connectivity index (χ2n) is 3.12. The van der Waals surface area contributed by atoms with Gasteiger partial charge < -0.3 is 5.32 Å². The highest BCUT2D eigenvalue weighted by Crippen LogP contribution is 2.19. The van der Waals surface area contributed by atoms with Crippen molar-refractivity contribution in [3.05, 3.63) is 17.0 Å². The molecule has 0 aliphatic rings. The van der Waals surface area contributed by atoms with Crippen LogP contribution in [0.5, 0.6) is 0 Å². The SMILES string of the molecule is CCNCCNS(=O)(=O)c1ccc(C)s1. The predicted octanol–water partition coefficient (Wildman–Crippen LogP) is 0.944. The van der Waals surface area contributed by atoms with E-state index in [4.69, 9.17) is 0 Å². The van der Waals surface area contributed by atoms with E-state index in [-0.39, 0.29) is 0 Å². The molecule has 0 spiro atoms. The van der Waals surface area contributed by atoms with Crippen molar-refractivity contribution >= 4 is 21.4 Å². The maximum Gasteiger partial charge on any atom is 0.250 e. The first-order chi connectivity index (χ1) is 7.06. The molecule has 2 N–H and O–H groups in total. The molecule has 1 aromatic heterocycles. The summed E-state index contributed by atoms with van der Waals surface area (Å²) in [7, 11) is -3.29. The summed E-state index contributed by atoms with van der Waals surface area (Å²) in [6, 6.07) is 3.44. The fraction of sp³-hybridized carbons (Fsp3) is 0.556. The van der Waals surface area contributed by atoms with Crippen molar-refractivity contribution in [3.63, 3.8) is 0 Å². The zero-order valence-electron chi connectivity index (χ0n) is 8.91. The summed E-state index contributed by atoms with van der Waals surface area (Å²) in [4.78, 5) is 1.00. The van der Waals surface area contributed by atoms with E-state index < -0.39 is 10.0 Å². The highest BCUT2D eigenvalue weighted by molar-refractivity contribution is 7.91. The molecule has 0 atom stereocenters. The molecule has 0 unspecified atom stereocenters. The minimum atomic E-state index is -3.29. The molecule has 1 heterocycles. The highest BCUT2D eigenvalue weighted by Gasteiger charge is 2.14. The van der Waals surface area contributed by atoms with Gasteiger partial charge in [0.05, 0.1) is 0 Å². The Labute approximate surface area is 94.8 Å². The van der Waals surface area contributed by atoms with Crippen molar-refractivity contribution in [1.82, 2.24) is 10.0 Å². The quantitative estimate of drug-likeness (QED) is 0.737. The molecule has 0 saturated carbocycles. The van der Waals surface area contributed by atoms with Gasteiger partial charge in [0.15, 0.2) is 0 Å². The van der Waals surface area contributed by atoms with Crippen LogP contribution in [0.15, 0.2) is 16.3 Å². The number of rotatable bonds is 6. The first-order valence-corrected chi connectivity index (χ1v) is 7.13. The van der Waals surface area contributed by atoms with E-state index in [9.17, 15) is 8.42 Å². The van der Waals surface area contributed by atoms with Gasteiger partial charge in [-0.05, 0) is 25.6 Å². The van der Waals surface area contributed by atoms with Crippen molar-refractivity contribution in [3.8, 4) is 0 Å². The molecule has 0 aromatic carbocycles. The average molecular weight is 248 g/mol. The van der Waals surface area contributed by atoms with Crippen molar-refractivity contribution in [2.45, 2.75) is 18.1 Å². The molecule has 1 rings (SSSR count). The Hall–Kier alpha value is -0.430. The smallest absolute Gasteiger partial charge is 0.250 e. The van der Waals surface area contributed by atoms with Gasteiger partial charge in [0, 0.05) is 18.0 Å². The summed E-state index contributed by atoms with van der Waals surface area (Å²) in [5.41, 5.74) is 0. The lowest BCUT2D eigenvalue weighted by Gasteiger charge is -2.04. The first kappa shape index (κ1) is 12.6. The lowest BCUT2D eigenvalue weighted by molar-refractivity contribution is 0.579. The topological polar surface area (TPSA) is 58.2 Å². The molecule has 6 heteroatoms. The molecule has 0 aliphatic carbocycles. The number of hydrogen-bond donors (Lipinski definition) is 2. The van der Waals surface area contributed by atoms with Crippen molar-refractivity contribution in [2.75, 3.05) is 19.6 Å². The van der Waals surface area contributed by atoms with Gasteiger partial charge in [-0.15, -0.1) is 11.3 Å². The minimum Gasteiger partial charge on any atom is -0.316 e. The van der Waals surface area contributed by atoms with Gasteiger partial charge in [0.1, 0.15) is 4.21 Å². The molecule has 0 saturated heterocycles. The molecule has 15 heavy (non-hydrogen) atoms. The second-order valence-corrected chi connectivity index (χ2v) is 6.40. The lowest BCUT2D eigenvalue weighted by Crippen LogP contribution is -2.31. The number of aryl methyl sites for hydroxylation is 1. The summed E-state index contributed by atoms with van der Waals surface area (Å²) >= 11 is 1.29. The molecular formula is C9H16N2O2S2. The molecule has 0 amide bonds. The number of hydrogen-bond acceptors (Lipinski definition) is 4. The maximum atomic E-state index is 11.7. The summed E-state index contributed by atoms with van der Waals surface area (Å²) < 4.78 is 26.3. The third-order valence-corrected chi connectivity index (χ3v) is 4.78. The molecule has 1 aromatic rings. The summed E-state index contributed by atoms with van der Waals surface area (Å²) in [5.74, 6) is 0. The lowest BCUT2D eigenvalue weighted by atomic mass is 10.5. The minimum absolute atomic E-state index is 0.386. The third kappa shape index (κ3) is 3.90. The number of sulfonamides is 1. The van der Waals surface area contributed by atoms with Crippen LogP contribution in [0, 0.1) is 6.92 Å². The maximum absolute atomic E-state index is 11.7. The fourth-order valence-corrected chi connectivity index (χ4v) is 3.44. The number of nitrogens with one attached hydrogen (secondary N) is 2. The molecule has 0 fully saturated rings. The zero-order chi connectivity index (χ0) is 11.3. The van der Waals surface area contributed by atoms with E-state index in [2.05, 4.69) is 10.0 Å². The molecule has 0 radical (unpaired) electrons. The van der Waals surface area contributed by atoms with Crippen LogP contribution < -0.4 is 10.0 Å². The average Bonchev–Trinajstić information content (AvgIpc) is 2.60. The normalized spacial score (nSPS) is 11.9. The van der Waals surface area contributed by atoms with Crippen molar-refractivity contribution in [1.29, 1.82) is 0 Å². The largest absolute Gasteiger partial charge is 0.316 e. The molecule has 0 aliphatic heterocycles. The van der Waals surface area contributed by atoms with Gasteiger partial charge in [-0.1, -0.05) is 6.92 Å². The van der Waals surface area contributed by atoms with Gasteiger partial charge in [0.2, 0.25) is 10.0 Å². The summed E-state index contributed by atoms with van der Waals surface area (Å²) in [6.45, 7) is 5.80. The third-order valence-electron chi connectivity index (χ3n) is 1.82. The van der Waals surface area contributed by atoms with Crippen LogP contribution in [0.4, 0.5) is 0 Å². The van der Waals surface area contributed by atoms with E-state index in [0.717, 1.165) is 11.4 Å². The second kappa shape index (κ2) is 5.60. The monoisotopic (exact) mass is 248 g/mol. The number of thiophene rings is 1. The Balaban J connectivity index is 2.53. The first-order valence-electron chi connectivity index (χ1n) is 4.83. The van der Waals surface area contributed by atoms with E-state index in [0.29, 0.717) is 17.3 Å². The zero-order valence-corrected chi connectivity index (χ0v) is 10.5. The van der Waals surface area contributed by atoms with Crippen molar-refractivity contribution < 1.29 is 8.42 Å². The molecule has 4 nitrogen and oxygen atoms in total. The van der Waals surface area contributed by atoms with E-state index in [1.54, 1.807) is 6.07 Å². The van der Waals surface area contributed by atoms with Crippen molar-refractivity contribution in [2.24, 2.45) is 0 Å². The number of likely N-dealkylation sites (N-methyl/N-ethyl adjacent to an activating group) is 1. The highest BCUT2D eigenvalue weighted by atomic mass is 32.2. The Morgan fingerprint density at radius 3 is 2.60 bits per heavy atom. The Morgan fingerprint density at radius 1 is 1.33 bits per heavy atom. The van der Waals surface area contributed by atoms with Crippen LogP contribution >= 0.6 is 11.3 Å². The van der Waals surface area contributed by atoms with Crippen LogP contribution in [0.3, 0.4) is 0 Å². The Kier molecular flexibility index (Phi) is 4.72. The van der Waals surface area contributed by atoms with Gasteiger partial charge in [-0.25, -0.2) is 13.1 Å². The van der Waals surface area contributed by atoms with Crippen LogP contribution in [-0.4, -0.2) is 28.1 Å². The van der Waals surface area contributed by atoms with E-state index in [1.165, 1.54) is 11.3 Å². The van der Waals surface area contributed by atoms with Gasteiger partial charge in [-0.3, -0.25) is 0 Å². The molecule has 86 valence electrons. The van der Waals surface area contributed by atoms with Gasteiger partial charge in [-0.2, -0.15) is 0 Å². The fourth-order valence-electron chi connectivity index (χ4n) is 1.08. The van der Waals surface area contributed by atoms with E-state index in [1.807, 2.05) is 19.9 Å². The van der Waals surface area contributed by atoms with Crippen LogP contribution in [0.25, 0.3) is 0 Å². The molecule has 0 bridgehead atoms. The van der Waals surface area contributed by atoms with Crippen LogP contribution in [0.2, 0.25) is 0 Å². The Bertz CT molecular complexity index is 398. The summed E-state index contributed by atoms with van der Waals surface area (Å²) in [6.07, 6.45) is 0. The van der Waals surface area contributed by atoms with Crippen LogP contribution in [-0.2, 0) is 10.0 Å². The molecular weight excluding hydrogens is 232 g/mol. The standard InChI is InChI=1S/C9H16N2O2S2/c1-3-10-6-7-11-15(12,13)9-5-4-8(2)14-9/h4-5,10-11H,3,6-7H2,1-2H3. The van der Waals surface area contributed by atoms with Gasteiger partial charge >= 0.3 is 0 Å². The summed E-state index contributed by atoms with van der Waals surface area (Å²) in [5, 5.41) is 3.05.